The highest BCUT2D eigenvalue weighted by atomic mass is 35.5. The molecule has 0 heterocycles. The zero-order chi connectivity index (χ0) is 8.85. The molecule has 1 aliphatic rings. The lowest BCUT2D eigenvalue weighted by molar-refractivity contribution is 0.633. The van der Waals surface area contributed by atoms with E-state index in [2.05, 4.69) is 0 Å². The summed E-state index contributed by atoms with van der Waals surface area (Å²) in [7, 11) is 0. The summed E-state index contributed by atoms with van der Waals surface area (Å²) in [5.74, 6) is -0.161. The van der Waals surface area contributed by atoms with Gasteiger partial charge in [-0.25, -0.2) is 4.39 Å². The molecule has 0 amide bonds. The van der Waals surface area contributed by atoms with Crippen LogP contribution in [0.15, 0.2) is 22.5 Å². The van der Waals surface area contributed by atoms with Crippen LogP contribution < -0.4 is 0 Å². The predicted octanol–water partition coefficient (Wildman–Crippen LogP) is 4.17. The van der Waals surface area contributed by atoms with Crippen molar-refractivity contribution in [1.29, 1.82) is 0 Å². The molecule has 0 unspecified atom stereocenters. The predicted molar refractivity (Wildman–Crippen MR) is 48.3 cm³/mol. The molecular formula is C9H14ClF. The Morgan fingerprint density at radius 1 is 1.45 bits per heavy atom. The number of halogens is 2. The number of hydrogen-bond donors (Lipinski definition) is 0. The fraction of sp³-hybridized carbons (Fsp3) is 0.556. The van der Waals surface area contributed by atoms with Crippen LogP contribution in [0.4, 0.5) is 4.39 Å². The van der Waals surface area contributed by atoms with Crippen LogP contribution in [-0.4, -0.2) is 0 Å². The fourth-order valence-corrected chi connectivity index (χ4v) is 0.995. The zero-order valence-corrected chi connectivity index (χ0v) is 8.00. The second-order valence-corrected chi connectivity index (χ2v) is 2.58. The maximum absolute atomic E-state index is 12.5. The minimum Gasteiger partial charge on any atom is -0.207 e. The summed E-state index contributed by atoms with van der Waals surface area (Å²) >= 11 is 5.66. The molecule has 0 radical (unpaired) electrons. The first-order valence-electron chi connectivity index (χ1n) is 3.93. The number of rotatable bonds is 0. The average molecular weight is 177 g/mol. The summed E-state index contributed by atoms with van der Waals surface area (Å²) in [5, 5.41) is 0.662. The summed E-state index contributed by atoms with van der Waals surface area (Å²) in [4.78, 5) is 0. The molecule has 0 atom stereocenters. The molecule has 0 saturated heterocycles. The van der Waals surface area contributed by atoms with Gasteiger partial charge in [-0.05, 0) is 31.4 Å². The van der Waals surface area contributed by atoms with Crippen LogP contribution in [0.1, 0.15) is 33.6 Å². The van der Waals surface area contributed by atoms with Gasteiger partial charge in [-0.2, -0.15) is 0 Å². The van der Waals surface area contributed by atoms with E-state index in [1.807, 2.05) is 13.8 Å². The van der Waals surface area contributed by atoms with Crippen LogP contribution in [0.2, 0.25) is 0 Å². The highest BCUT2D eigenvalue weighted by Gasteiger charge is 2.08. The largest absolute Gasteiger partial charge is 0.207 e. The van der Waals surface area contributed by atoms with Gasteiger partial charge in [0.25, 0.3) is 0 Å². The molecular weight excluding hydrogens is 163 g/mol. The van der Waals surface area contributed by atoms with Gasteiger partial charge in [0.05, 0.1) is 0 Å². The van der Waals surface area contributed by atoms with Crippen molar-refractivity contribution in [3.8, 4) is 0 Å². The minimum atomic E-state index is -0.161. The van der Waals surface area contributed by atoms with Gasteiger partial charge in [0, 0.05) is 5.03 Å². The Balaban J connectivity index is 0.000000461. The van der Waals surface area contributed by atoms with Crippen LogP contribution in [0.5, 0.6) is 0 Å². The lowest BCUT2D eigenvalue weighted by atomic mass is 10.1. The molecule has 0 aromatic carbocycles. The van der Waals surface area contributed by atoms with Crippen molar-refractivity contribution in [2.75, 3.05) is 0 Å². The topological polar surface area (TPSA) is 0 Å². The summed E-state index contributed by atoms with van der Waals surface area (Å²) in [6.45, 7) is 5.70. The summed E-state index contributed by atoms with van der Waals surface area (Å²) in [6.07, 6.45) is 3.10. The summed E-state index contributed by atoms with van der Waals surface area (Å²) < 4.78 is 12.5. The van der Waals surface area contributed by atoms with Crippen molar-refractivity contribution in [2.24, 2.45) is 0 Å². The molecule has 11 heavy (non-hydrogen) atoms. The lowest BCUT2D eigenvalue weighted by Gasteiger charge is -2.07. The maximum atomic E-state index is 12.5. The number of hydrogen-bond acceptors (Lipinski definition) is 0. The van der Waals surface area contributed by atoms with Crippen LogP contribution in [-0.2, 0) is 0 Å². The van der Waals surface area contributed by atoms with Crippen molar-refractivity contribution < 1.29 is 4.39 Å². The monoisotopic (exact) mass is 176 g/mol. The van der Waals surface area contributed by atoms with Gasteiger partial charge in [-0.3, -0.25) is 0 Å². The van der Waals surface area contributed by atoms with E-state index < -0.39 is 0 Å². The Bertz CT molecular complexity index is 180. The van der Waals surface area contributed by atoms with Gasteiger partial charge in [-0.15, -0.1) is 0 Å². The quantitative estimate of drug-likeness (QED) is 0.520. The molecule has 2 heteroatoms. The Labute approximate surface area is 72.7 Å². The third-order valence-corrected chi connectivity index (χ3v) is 1.92. The standard InChI is InChI=1S/C7H8ClF.C2H6/c1-5-6(8)3-2-4-7(5)9;1-2/h4H,2-3H2,1H3;1-2H3. The third-order valence-electron chi connectivity index (χ3n) is 1.45. The molecule has 0 bridgehead atoms. The normalized spacial score (nSPS) is 17.0. The smallest absolute Gasteiger partial charge is 0.123 e. The zero-order valence-electron chi connectivity index (χ0n) is 7.25. The molecule has 1 rings (SSSR count). The second kappa shape index (κ2) is 5.36. The van der Waals surface area contributed by atoms with E-state index in [-0.39, 0.29) is 5.83 Å². The maximum Gasteiger partial charge on any atom is 0.123 e. The van der Waals surface area contributed by atoms with Crippen molar-refractivity contribution in [2.45, 2.75) is 33.6 Å². The van der Waals surface area contributed by atoms with Crippen LogP contribution in [0.25, 0.3) is 0 Å². The minimum absolute atomic E-state index is 0.161. The molecule has 0 aromatic rings. The Kier molecular flexibility index (Phi) is 5.22. The molecule has 0 fully saturated rings. The van der Waals surface area contributed by atoms with E-state index in [0.29, 0.717) is 10.6 Å². The molecule has 1 aliphatic carbocycles. The Hall–Kier alpha value is -0.300. The molecule has 0 N–H and O–H groups in total. The van der Waals surface area contributed by atoms with Gasteiger partial charge in [0.1, 0.15) is 5.83 Å². The van der Waals surface area contributed by atoms with E-state index in [1.54, 1.807) is 13.0 Å². The first-order chi connectivity index (χ1) is 5.22. The lowest BCUT2D eigenvalue weighted by Crippen LogP contribution is -1.89. The van der Waals surface area contributed by atoms with Crippen molar-refractivity contribution in [3.05, 3.63) is 22.5 Å². The van der Waals surface area contributed by atoms with Crippen LogP contribution in [0.3, 0.4) is 0 Å². The van der Waals surface area contributed by atoms with Crippen molar-refractivity contribution in [1.82, 2.24) is 0 Å². The molecule has 0 spiro atoms. The fourth-order valence-electron chi connectivity index (χ4n) is 0.796. The summed E-state index contributed by atoms with van der Waals surface area (Å²) in [6, 6.07) is 0. The van der Waals surface area contributed by atoms with E-state index in [0.717, 1.165) is 12.8 Å². The van der Waals surface area contributed by atoms with E-state index >= 15 is 0 Å². The molecule has 0 saturated carbocycles. The second-order valence-electron chi connectivity index (χ2n) is 2.12. The first kappa shape index (κ1) is 10.7. The molecule has 64 valence electrons. The van der Waals surface area contributed by atoms with Crippen molar-refractivity contribution in [3.63, 3.8) is 0 Å². The molecule has 0 nitrogen and oxygen atoms in total. The SMILES string of the molecule is CC.CC1=C(Cl)CCC=C1F. The van der Waals surface area contributed by atoms with Crippen LogP contribution >= 0.6 is 11.6 Å². The van der Waals surface area contributed by atoms with Crippen molar-refractivity contribution >= 4 is 11.6 Å². The Morgan fingerprint density at radius 2 is 2.00 bits per heavy atom. The van der Waals surface area contributed by atoms with E-state index in [9.17, 15) is 4.39 Å². The highest BCUT2D eigenvalue weighted by molar-refractivity contribution is 6.30. The highest BCUT2D eigenvalue weighted by Crippen LogP contribution is 2.27. The van der Waals surface area contributed by atoms with E-state index in [4.69, 9.17) is 11.6 Å². The van der Waals surface area contributed by atoms with Gasteiger partial charge < -0.3 is 0 Å². The van der Waals surface area contributed by atoms with Gasteiger partial charge in [0.15, 0.2) is 0 Å². The number of allylic oxidation sites excluding steroid dienone is 4. The van der Waals surface area contributed by atoms with Crippen LogP contribution in [0, 0.1) is 0 Å². The Morgan fingerprint density at radius 3 is 2.36 bits per heavy atom. The summed E-state index contributed by atoms with van der Waals surface area (Å²) in [5.41, 5.74) is 0.600. The van der Waals surface area contributed by atoms with E-state index in [1.165, 1.54) is 0 Å². The van der Waals surface area contributed by atoms with Gasteiger partial charge >= 0.3 is 0 Å². The first-order valence-corrected chi connectivity index (χ1v) is 4.31. The molecule has 0 aliphatic heterocycles. The third kappa shape index (κ3) is 3.06. The average Bonchev–Trinajstić information content (AvgIpc) is 2.04. The van der Waals surface area contributed by atoms with Gasteiger partial charge in [0.2, 0.25) is 0 Å². The van der Waals surface area contributed by atoms with Gasteiger partial charge in [-0.1, -0.05) is 25.4 Å². The molecule has 0 aromatic heterocycles.